The summed E-state index contributed by atoms with van der Waals surface area (Å²) in [5.41, 5.74) is 7.42. The van der Waals surface area contributed by atoms with E-state index in [-0.39, 0.29) is 0 Å². The van der Waals surface area contributed by atoms with E-state index in [4.69, 9.17) is 5.73 Å². The number of pyridine rings is 1. The first-order chi connectivity index (χ1) is 9.55. The van der Waals surface area contributed by atoms with Gasteiger partial charge in [0.1, 0.15) is 9.84 Å². The minimum absolute atomic E-state index is 0.294. The Labute approximate surface area is 117 Å². The summed E-state index contributed by atoms with van der Waals surface area (Å²) in [7, 11) is -2.80. The van der Waals surface area contributed by atoms with Crippen LogP contribution < -0.4 is 5.73 Å². The average molecular weight is 294 g/mol. The van der Waals surface area contributed by atoms with Crippen LogP contribution in [0.25, 0.3) is 5.65 Å². The van der Waals surface area contributed by atoms with Crippen molar-refractivity contribution in [2.45, 2.75) is 25.8 Å². The second-order valence-corrected chi connectivity index (χ2v) is 7.68. The maximum Gasteiger partial charge on any atom is 0.155 e. The van der Waals surface area contributed by atoms with Gasteiger partial charge in [-0.3, -0.25) is 0 Å². The van der Waals surface area contributed by atoms with E-state index >= 15 is 0 Å². The van der Waals surface area contributed by atoms with Crippen molar-refractivity contribution in [1.82, 2.24) is 14.6 Å². The van der Waals surface area contributed by atoms with Crippen LogP contribution in [0.1, 0.15) is 24.2 Å². The zero-order chi connectivity index (χ0) is 14.2. The summed E-state index contributed by atoms with van der Waals surface area (Å²) in [6.45, 7) is 0.478. The highest BCUT2D eigenvalue weighted by Crippen LogP contribution is 2.22. The van der Waals surface area contributed by atoms with Gasteiger partial charge in [-0.05, 0) is 30.4 Å². The first kappa shape index (κ1) is 13.5. The molecule has 0 aliphatic carbocycles. The van der Waals surface area contributed by atoms with Crippen molar-refractivity contribution in [2.24, 2.45) is 11.7 Å². The number of nitrogens with two attached hydrogens (primary N) is 1. The second kappa shape index (κ2) is 5.14. The standard InChI is InChI=1S/C13H18N4O2S/c14-8-11-1-2-13-15-12(16-17(13)9-11)7-10-3-5-20(18,19)6-4-10/h1-2,9-10H,3-8,14H2. The van der Waals surface area contributed by atoms with Gasteiger partial charge in [0, 0.05) is 19.2 Å². The highest BCUT2D eigenvalue weighted by Gasteiger charge is 2.24. The van der Waals surface area contributed by atoms with Crippen molar-refractivity contribution in [2.75, 3.05) is 11.5 Å². The van der Waals surface area contributed by atoms with E-state index in [2.05, 4.69) is 10.1 Å². The molecule has 7 heteroatoms. The lowest BCUT2D eigenvalue weighted by Crippen LogP contribution is -2.24. The van der Waals surface area contributed by atoms with Gasteiger partial charge < -0.3 is 5.73 Å². The van der Waals surface area contributed by atoms with Crippen molar-refractivity contribution in [3.63, 3.8) is 0 Å². The summed E-state index contributed by atoms with van der Waals surface area (Å²) in [4.78, 5) is 4.48. The van der Waals surface area contributed by atoms with Gasteiger partial charge in [-0.25, -0.2) is 17.9 Å². The number of sulfone groups is 1. The lowest BCUT2D eigenvalue weighted by Gasteiger charge is -2.20. The molecule has 3 heterocycles. The Kier molecular flexibility index (Phi) is 3.47. The van der Waals surface area contributed by atoms with E-state index in [9.17, 15) is 8.42 Å². The molecule has 0 aromatic carbocycles. The summed E-state index contributed by atoms with van der Waals surface area (Å²) in [6.07, 6.45) is 4.06. The molecular formula is C13H18N4O2S. The summed E-state index contributed by atoms with van der Waals surface area (Å²) < 4.78 is 24.6. The SMILES string of the molecule is NCc1ccc2nc(CC3CCS(=O)(=O)CC3)nn2c1. The van der Waals surface area contributed by atoms with E-state index in [1.54, 1.807) is 4.52 Å². The third kappa shape index (κ3) is 2.83. The Hall–Kier alpha value is -1.47. The highest BCUT2D eigenvalue weighted by atomic mass is 32.2. The Morgan fingerprint density at radius 2 is 2.05 bits per heavy atom. The van der Waals surface area contributed by atoms with Crippen molar-refractivity contribution in [3.8, 4) is 0 Å². The molecule has 1 aliphatic rings. The molecular weight excluding hydrogens is 276 g/mol. The average Bonchev–Trinajstić information content (AvgIpc) is 2.82. The fourth-order valence-electron chi connectivity index (χ4n) is 2.58. The maximum atomic E-state index is 11.4. The number of fused-ring (bicyclic) bond motifs is 1. The summed E-state index contributed by atoms with van der Waals surface area (Å²) >= 11 is 0. The molecule has 1 fully saturated rings. The summed E-state index contributed by atoms with van der Waals surface area (Å²) in [5.74, 6) is 1.73. The molecule has 0 atom stereocenters. The molecule has 20 heavy (non-hydrogen) atoms. The number of aromatic nitrogens is 3. The van der Waals surface area contributed by atoms with Crippen LogP contribution in [0.5, 0.6) is 0 Å². The van der Waals surface area contributed by atoms with Crippen LogP contribution in [0.3, 0.4) is 0 Å². The van der Waals surface area contributed by atoms with Gasteiger partial charge in [0.05, 0.1) is 11.5 Å². The number of hydrogen-bond donors (Lipinski definition) is 1. The Bertz CT molecular complexity index is 709. The Morgan fingerprint density at radius 3 is 2.75 bits per heavy atom. The highest BCUT2D eigenvalue weighted by molar-refractivity contribution is 7.91. The lowest BCUT2D eigenvalue weighted by atomic mass is 9.99. The predicted octanol–water partition coefficient (Wildman–Crippen LogP) is 0.555. The molecule has 0 bridgehead atoms. The fourth-order valence-corrected chi connectivity index (χ4v) is 4.17. The minimum Gasteiger partial charge on any atom is -0.326 e. The molecule has 2 N–H and O–H groups in total. The van der Waals surface area contributed by atoms with Crippen LogP contribution in [0, 0.1) is 5.92 Å². The first-order valence-electron chi connectivity index (χ1n) is 6.80. The molecule has 1 saturated heterocycles. The van der Waals surface area contributed by atoms with Gasteiger partial charge in [-0.2, -0.15) is 5.10 Å². The van der Waals surface area contributed by atoms with E-state index in [0.29, 0.717) is 36.8 Å². The zero-order valence-corrected chi connectivity index (χ0v) is 12.0. The molecule has 3 rings (SSSR count). The van der Waals surface area contributed by atoms with E-state index < -0.39 is 9.84 Å². The minimum atomic E-state index is -2.80. The number of hydrogen-bond acceptors (Lipinski definition) is 5. The van der Waals surface area contributed by atoms with Gasteiger partial charge in [0.25, 0.3) is 0 Å². The fraction of sp³-hybridized carbons (Fsp3) is 0.538. The van der Waals surface area contributed by atoms with Crippen molar-refractivity contribution < 1.29 is 8.42 Å². The van der Waals surface area contributed by atoms with Crippen LogP contribution in [0.2, 0.25) is 0 Å². The van der Waals surface area contributed by atoms with Crippen LogP contribution in [0.4, 0.5) is 0 Å². The molecule has 0 unspecified atom stereocenters. The van der Waals surface area contributed by atoms with Crippen LogP contribution in [0.15, 0.2) is 18.3 Å². The summed E-state index contributed by atoms with van der Waals surface area (Å²) in [5, 5.41) is 4.45. The third-order valence-electron chi connectivity index (χ3n) is 3.82. The molecule has 108 valence electrons. The van der Waals surface area contributed by atoms with E-state index in [0.717, 1.165) is 23.5 Å². The quantitative estimate of drug-likeness (QED) is 0.893. The molecule has 2 aromatic heterocycles. The van der Waals surface area contributed by atoms with E-state index in [1.165, 1.54) is 0 Å². The van der Waals surface area contributed by atoms with Gasteiger partial charge in [-0.15, -0.1) is 0 Å². The predicted molar refractivity (Wildman–Crippen MR) is 76.0 cm³/mol. The van der Waals surface area contributed by atoms with Crippen molar-refractivity contribution in [1.29, 1.82) is 0 Å². The molecule has 0 saturated carbocycles. The molecule has 1 aliphatic heterocycles. The van der Waals surface area contributed by atoms with Gasteiger partial charge in [0.15, 0.2) is 11.5 Å². The maximum absolute atomic E-state index is 11.4. The third-order valence-corrected chi connectivity index (χ3v) is 5.53. The number of rotatable bonds is 3. The molecule has 2 aromatic rings. The van der Waals surface area contributed by atoms with Gasteiger partial charge in [-0.1, -0.05) is 6.07 Å². The largest absolute Gasteiger partial charge is 0.326 e. The molecule has 0 radical (unpaired) electrons. The van der Waals surface area contributed by atoms with Crippen molar-refractivity contribution in [3.05, 3.63) is 29.7 Å². The smallest absolute Gasteiger partial charge is 0.155 e. The number of nitrogens with zero attached hydrogens (tertiary/aromatic N) is 3. The topological polar surface area (TPSA) is 90.3 Å². The van der Waals surface area contributed by atoms with Crippen LogP contribution in [-0.2, 0) is 22.8 Å². The zero-order valence-electron chi connectivity index (χ0n) is 11.2. The van der Waals surface area contributed by atoms with Crippen LogP contribution in [-0.4, -0.2) is 34.5 Å². The normalized spacial score (nSPS) is 19.4. The van der Waals surface area contributed by atoms with E-state index in [1.807, 2.05) is 18.3 Å². The molecule has 0 spiro atoms. The molecule has 0 amide bonds. The molecule has 6 nitrogen and oxygen atoms in total. The second-order valence-electron chi connectivity index (χ2n) is 5.37. The monoisotopic (exact) mass is 294 g/mol. The van der Waals surface area contributed by atoms with Crippen molar-refractivity contribution >= 4 is 15.5 Å². The van der Waals surface area contributed by atoms with Gasteiger partial charge >= 0.3 is 0 Å². The first-order valence-corrected chi connectivity index (χ1v) is 8.62. The Balaban J connectivity index is 1.75. The van der Waals surface area contributed by atoms with Gasteiger partial charge in [0.2, 0.25) is 0 Å². The Morgan fingerprint density at radius 1 is 1.30 bits per heavy atom. The lowest BCUT2D eigenvalue weighted by molar-refractivity contribution is 0.454. The summed E-state index contributed by atoms with van der Waals surface area (Å²) in [6, 6.07) is 3.85. The van der Waals surface area contributed by atoms with Crippen LogP contribution >= 0.6 is 0 Å².